The van der Waals surface area contributed by atoms with Crippen LogP contribution in [0.1, 0.15) is 58.2 Å². The summed E-state index contributed by atoms with van der Waals surface area (Å²) >= 11 is 0. The third-order valence-corrected chi connectivity index (χ3v) is 2.97. The van der Waals surface area contributed by atoms with Crippen molar-refractivity contribution in [1.29, 1.82) is 0 Å². The van der Waals surface area contributed by atoms with E-state index in [1.165, 1.54) is 0 Å². The number of hydrogen-bond donors (Lipinski definition) is 2. The molecule has 3 heteroatoms. The molecule has 1 rings (SSSR count). The van der Waals surface area contributed by atoms with Gasteiger partial charge in [0, 0.05) is 11.1 Å². The van der Waals surface area contributed by atoms with Gasteiger partial charge in [-0.05, 0) is 28.5 Å². The molecule has 1 aromatic carbocycles. The number of rotatable bonds is 1. The van der Waals surface area contributed by atoms with E-state index in [-0.39, 0.29) is 10.8 Å². The smallest absolute Gasteiger partial charge is 0.123 e. The maximum absolute atomic E-state index is 10.5. The fourth-order valence-corrected chi connectivity index (χ4v) is 1.96. The molecule has 0 aliphatic carbocycles. The van der Waals surface area contributed by atoms with Crippen LogP contribution >= 0.6 is 0 Å². The fraction of sp³-hybridized carbons (Fsp3) is 0.533. The zero-order valence-corrected chi connectivity index (χ0v) is 12.2. The highest BCUT2D eigenvalue weighted by Gasteiger charge is 2.26. The van der Waals surface area contributed by atoms with E-state index in [1.807, 2.05) is 12.1 Å². The Balaban J connectivity index is 3.59. The maximum atomic E-state index is 10.5. The lowest BCUT2D eigenvalue weighted by molar-refractivity contribution is 0.423. The summed E-state index contributed by atoms with van der Waals surface area (Å²) in [5.74, 6) is 5.60. The van der Waals surface area contributed by atoms with Crippen molar-refractivity contribution < 1.29 is 5.11 Å². The zero-order chi connectivity index (χ0) is 14.1. The molecule has 0 saturated carbocycles. The van der Waals surface area contributed by atoms with E-state index >= 15 is 0 Å². The Bertz CT molecular complexity index is 427. The van der Waals surface area contributed by atoms with Crippen LogP contribution in [0.2, 0.25) is 0 Å². The number of hydrogen-bond acceptors (Lipinski definition) is 3. The number of nitrogens with two attached hydrogens (primary N) is 1. The van der Waals surface area contributed by atoms with Gasteiger partial charge in [-0.25, -0.2) is 0 Å². The average molecular weight is 248 g/mol. The quantitative estimate of drug-likeness (QED) is 0.455. The van der Waals surface area contributed by atoms with Crippen molar-refractivity contribution in [2.75, 3.05) is 0 Å². The highest BCUT2D eigenvalue weighted by molar-refractivity contribution is 5.81. The second-order valence-electron chi connectivity index (χ2n) is 6.74. The number of phenolic OH excluding ortho intramolecular Hbond substituents is 1. The molecule has 0 bridgehead atoms. The van der Waals surface area contributed by atoms with Crippen LogP contribution in [-0.4, -0.2) is 11.3 Å². The minimum absolute atomic E-state index is 0.122. The van der Waals surface area contributed by atoms with Gasteiger partial charge >= 0.3 is 0 Å². The van der Waals surface area contributed by atoms with Crippen molar-refractivity contribution in [3.63, 3.8) is 0 Å². The van der Waals surface area contributed by atoms with Crippen molar-refractivity contribution in [3.8, 4) is 5.75 Å². The predicted octanol–water partition coefficient (Wildman–Crippen LogP) is 3.28. The Morgan fingerprint density at radius 2 is 1.39 bits per heavy atom. The van der Waals surface area contributed by atoms with Crippen LogP contribution in [-0.2, 0) is 10.8 Å². The van der Waals surface area contributed by atoms with E-state index in [1.54, 1.807) is 6.21 Å². The lowest BCUT2D eigenvalue weighted by Crippen LogP contribution is -2.17. The highest BCUT2D eigenvalue weighted by atomic mass is 16.3. The maximum Gasteiger partial charge on any atom is 0.123 e. The molecule has 1 aromatic rings. The number of nitrogens with zero attached hydrogens (tertiary/aromatic N) is 1. The van der Waals surface area contributed by atoms with E-state index < -0.39 is 0 Å². The van der Waals surface area contributed by atoms with Crippen molar-refractivity contribution in [3.05, 3.63) is 28.8 Å². The third kappa shape index (κ3) is 3.03. The molecule has 3 N–H and O–H groups in total. The Kier molecular flexibility index (Phi) is 3.75. The summed E-state index contributed by atoms with van der Waals surface area (Å²) < 4.78 is 0. The average Bonchev–Trinajstić information content (AvgIpc) is 2.17. The van der Waals surface area contributed by atoms with Gasteiger partial charge in [0.2, 0.25) is 0 Å². The monoisotopic (exact) mass is 248 g/mol. The van der Waals surface area contributed by atoms with Gasteiger partial charge in [0.05, 0.1) is 6.21 Å². The Labute approximate surface area is 110 Å². The molecular weight excluding hydrogens is 224 g/mol. The van der Waals surface area contributed by atoms with Crippen molar-refractivity contribution in [1.82, 2.24) is 0 Å². The molecule has 0 aliphatic heterocycles. The SMILES string of the molecule is CC(C)(C)c1cc(/C=N/N)cc(C(C)(C)C)c1O. The second-order valence-corrected chi connectivity index (χ2v) is 6.74. The molecule has 0 heterocycles. The third-order valence-electron chi connectivity index (χ3n) is 2.97. The van der Waals surface area contributed by atoms with Crippen LogP contribution in [0, 0.1) is 0 Å². The molecule has 0 aromatic heterocycles. The summed E-state index contributed by atoms with van der Waals surface area (Å²) in [6.07, 6.45) is 1.62. The summed E-state index contributed by atoms with van der Waals surface area (Å²) in [7, 11) is 0. The molecule has 0 aliphatic rings. The van der Waals surface area contributed by atoms with Crippen molar-refractivity contribution >= 4 is 6.21 Å². The van der Waals surface area contributed by atoms with E-state index in [9.17, 15) is 5.11 Å². The summed E-state index contributed by atoms with van der Waals surface area (Å²) in [6, 6.07) is 3.89. The van der Waals surface area contributed by atoms with E-state index in [0.29, 0.717) is 5.75 Å². The molecule has 0 unspecified atom stereocenters. The predicted molar refractivity (Wildman–Crippen MR) is 77.3 cm³/mol. The lowest BCUT2D eigenvalue weighted by atomic mass is 9.78. The molecule has 18 heavy (non-hydrogen) atoms. The Hall–Kier alpha value is -1.51. The minimum atomic E-state index is -0.122. The highest BCUT2D eigenvalue weighted by Crippen LogP contribution is 2.39. The van der Waals surface area contributed by atoms with Crippen LogP contribution in [0.25, 0.3) is 0 Å². The van der Waals surface area contributed by atoms with Crippen LogP contribution in [0.5, 0.6) is 5.75 Å². The first-order chi connectivity index (χ1) is 8.07. The molecule has 0 amide bonds. The number of aromatic hydroxyl groups is 1. The standard InChI is InChI=1S/C15H24N2O/c1-14(2,3)11-7-10(9-17-16)8-12(13(11)18)15(4,5)6/h7-9,18H,16H2,1-6H3/b17-9+. The minimum Gasteiger partial charge on any atom is -0.507 e. The molecule has 0 atom stereocenters. The molecule has 0 spiro atoms. The normalized spacial score (nSPS) is 13.2. The van der Waals surface area contributed by atoms with Crippen LogP contribution in [0.3, 0.4) is 0 Å². The molecule has 100 valence electrons. The van der Waals surface area contributed by atoms with E-state index in [2.05, 4.69) is 46.6 Å². The van der Waals surface area contributed by atoms with Crippen molar-refractivity contribution in [2.24, 2.45) is 10.9 Å². The van der Waals surface area contributed by atoms with E-state index in [0.717, 1.165) is 16.7 Å². The zero-order valence-electron chi connectivity index (χ0n) is 12.2. The van der Waals surface area contributed by atoms with E-state index in [4.69, 9.17) is 5.84 Å². The van der Waals surface area contributed by atoms with Gasteiger partial charge in [0.15, 0.2) is 0 Å². The topological polar surface area (TPSA) is 58.6 Å². The van der Waals surface area contributed by atoms with Gasteiger partial charge in [0.25, 0.3) is 0 Å². The molecule has 0 saturated heterocycles. The number of phenols is 1. The number of hydrazone groups is 1. The second kappa shape index (κ2) is 4.63. The van der Waals surface area contributed by atoms with Gasteiger partial charge in [-0.15, -0.1) is 0 Å². The van der Waals surface area contributed by atoms with Crippen LogP contribution < -0.4 is 5.84 Å². The molecular formula is C15H24N2O. The van der Waals surface area contributed by atoms with Gasteiger partial charge in [-0.1, -0.05) is 41.5 Å². The van der Waals surface area contributed by atoms with Crippen LogP contribution in [0.4, 0.5) is 0 Å². The van der Waals surface area contributed by atoms with Gasteiger partial charge in [0.1, 0.15) is 5.75 Å². The lowest BCUT2D eigenvalue weighted by Gasteiger charge is -2.27. The Morgan fingerprint density at radius 1 is 1.00 bits per heavy atom. The van der Waals surface area contributed by atoms with Crippen LogP contribution in [0.15, 0.2) is 17.2 Å². The first-order valence-corrected chi connectivity index (χ1v) is 6.18. The summed E-state index contributed by atoms with van der Waals surface area (Å²) in [4.78, 5) is 0. The van der Waals surface area contributed by atoms with Gasteiger partial charge in [-0.2, -0.15) is 5.10 Å². The Morgan fingerprint density at radius 3 is 1.67 bits per heavy atom. The molecule has 0 fully saturated rings. The fourth-order valence-electron chi connectivity index (χ4n) is 1.96. The van der Waals surface area contributed by atoms with Gasteiger partial charge in [-0.3, -0.25) is 0 Å². The summed E-state index contributed by atoms with van der Waals surface area (Å²) in [5, 5.41) is 14.1. The summed E-state index contributed by atoms with van der Waals surface area (Å²) in [6.45, 7) is 12.5. The largest absolute Gasteiger partial charge is 0.507 e. The van der Waals surface area contributed by atoms with Crippen molar-refractivity contribution in [2.45, 2.75) is 52.4 Å². The first-order valence-electron chi connectivity index (χ1n) is 6.18. The molecule has 3 nitrogen and oxygen atoms in total. The first kappa shape index (κ1) is 14.6. The summed E-state index contributed by atoms with van der Waals surface area (Å²) in [5.41, 5.74) is 2.52. The number of benzene rings is 1. The van der Waals surface area contributed by atoms with Gasteiger partial charge < -0.3 is 10.9 Å². The molecule has 0 radical (unpaired) electrons.